The number of hydrogen-bond donors (Lipinski definition) is 0. The molecule has 1 spiro atoms. The van der Waals surface area contributed by atoms with Gasteiger partial charge in [-0.1, -0.05) is 54.1 Å². The summed E-state index contributed by atoms with van der Waals surface area (Å²) in [4.78, 5) is 28.0. The van der Waals surface area contributed by atoms with E-state index in [1.165, 1.54) is 24.1 Å². The Morgan fingerprint density at radius 2 is 1.48 bits per heavy atom. The third-order valence-electron chi connectivity index (χ3n) is 6.84. The average molecular weight is 473 g/mol. The minimum atomic E-state index is -0.311. The molecule has 2 aliphatic carbocycles. The Morgan fingerprint density at radius 3 is 2.10 bits per heavy atom. The van der Waals surface area contributed by atoms with Crippen LogP contribution in [0, 0.1) is 0 Å². The number of rotatable bonds is 1. The van der Waals surface area contributed by atoms with Crippen molar-refractivity contribution in [3.8, 4) is 0 Å². The fraction of sp³-hybridized carbons (Fsp3) is 0.280. The lowest BCUT2D eigenvalue weighted by Crippen LogP contribution is -2.31. The van der Waals surface area contributed by atoms with Gasteiger partial charge in [-0.3, -0.25) is 9.59 Å². The van der Waals surface area contributed by atoms with Gasteiger partial charge in [0.15, 0.2) is 11.6 Å². The van der Waals surface area contributed by atoms with E-state index in [4.69, 9.17) is 34.8 Å². The van der Waals surface area contributed by atoms with E-state index in [1.807, 2.05) is 25.3 Å². The molecular weight excluding hydrogens is 453 g/mol. The molecule has 0 N–H and O–H groups in total. The second-order valence-corrected chi connectivity index (χ2v) is 9.72. The number of fused-ring (bicyclic) bond motifs is 3. The third kappa shape index (κ3) is 3.09. The zero-order valence-electron chi connectivity index (χ0n) is 17.0. The summed E-state index contributed by atoms with van der Waals surface area (Å²) in [6.07, 6.45) is 9.13. The van der Waals surface area contributed by atoms with Crippen LogP contribution in [-0.2, 0) is 5.41 Å². The van der Waals surface area contributed by atoms with Gasteiger partial charge in [-0.15, -0.1) is 0 Å². The molecule has 0 bridgehead atoms. The molecule has 0 amide bonds. The number of allylic oxidation sites excluding steroid dienone is 4. The van der Waals surface area contributed by atoms with E-state index in [-0.39, 0.29) is 32.6 Å². The summed E-state index contributed by atoms with van der Waals surface area (Å²) >= 11 is 18.5. The van der Waals surface area contributed by atoms with Crippen LogP contribution in [0.1, 0.15) is 58.4 Å². The number of likely N-dealkylation sites (N-methyl/N-ethyl adjacent to an activating group) is 1. The Hall–Kier alpha value is -2.07. The quantitative estimate of drug-likeness (QED) is 0.325. The van der Waals surface area contributed by atoms with Gasteiger partial charge in [0.05, 0.1) is 15.6 Å². The maximum absolute atomic E-state index is 12.9. The lowest BCUT2D eigenvalue weighted by Gasteiger charge is -2.36. The molecule has 5 rings (SSSR count). The summed E-state index contributed by atoms with van der Waals surface area (Å²) in [5, 5.41) is 1.26. The molecule has 1 saturated carbocycles. The van der Waals surface area contributed by atoms with Gasteiger partial charge in [0, 0.05) is 40.0 Å². The molecule has 1 fully saturated rings. The highest BCUT2D eigenvalue weighted by Gasteiger charge is 2.46. The van der Waals surface area contributed by atoms with E-state index in [1.54, 1.807) is 6.08 Å². The standard InChI is InChI=1S/C25H20Cl3NO2/c1-29-21-7-5-14(26)11-18(21)25(9-3-2-4-10-25)22(29)8-6-15-23(30)16-12-19(27)20(28)13-17(16)24(15)31/h5-8,11-13H,2-4,9-10H2,1H3/b22-8+. The summed E-state index contributed by atoms with van der Waals surface area (Å²) in [6, 6.07) is 8.99. The average Bonchev–Trinajstić information content (AvgIpc) is 3.10. The van der Waals surface area contributed by atoms with E-state index in [0.29, 0.717) is 11.1 Å². The van der Waals surface area contributed by atoms with Crippen molar-refractivity contribution in [3.63, 3.8) is 0 Å². The molecule has 2 aromatic rings. The smallest absolute Gasteiger partial charge is 0.197 e. The highest BCUT2D eigenvalue weighted by molar-refractivity contribution is 6.45. The highest BCUT2D eigenvalue weighted by Crippen LogP contribution is 2.55. The molecule has 1 aliphatic heterocycles. The normalized spacial score (nSPS) is 20.6. The van der Waals surface area contributed by atoms with Crippen LogP contribution >= 0.6 is 34.8 Å². The number of carbonyl (C=O) groups is 2. The van der Waals surface area contributed by atoms with Gasteiger partial charge in [-0.25, -0.2) is 0 Å². The number of ketones is 2. The molecule has 1 heterocycles. The minimum Gasteiger partial charge on any atom is -0.347 e. The van der Waals surface area contributed by atoms with Crippen LogP contribution < -0.4 is 4.90 Å². The predicted molar refractivity (Wildman–Crippen MR) is 126 cm³/mol. The first-order valence-electron chi connectivity index (χ1n) is 10.4. The number of Topliss-reactive ketones (excluding diaryl/α,β-unsaturated/α-hetero) is 2. The van der Waals surface area contributed by atoms with Gasteiger partial charge in [-0.2, -0.15) is 0 Å². The first-order valence-corrected chi connectivity index (χ1v) is 11.5. The minimum absolute atomic E-state index is 0.144. The van der Waals surface area contributed by atoms with Gasteiger partial charge in [0.25, 0.3) is 0 Å². The lowest BCUT2D eigenvalue weighted by atomic mass is 9.68. The van der Waals surface area contributed by atoms with Crippen LogP contribution in [0.5, 0.6) is 0 Å². The zero-order valence-corrected chi connectivity index (χ0v) is 19.2. The van der Waals surface area contributed by atoms with Gasteiger partial charge in [0.1, 0.15) is 0 Å². The molecule has 3 nitrogen and oxygen atoms in total. The Labute approximate surface area is 196 Å². The van der Waals surface area contributed by atoms with Crippen LogP contribution in [0.4, 0.5) is 5.69 Å². The molecule has 0 unspecified atom stereocenters. The molecule has 0 aromatic heterocycles. The van der Waals surface area contributed by atoms with Crippen molar-refractivity contribution in [3.05, 3.63) is 85.5 Å². The first kappa shape index (κ1) is 20.8. The van der Waals surface area contributed by atoms with E-state index < -0.39 is 0 Å². The van der Waals surface area contributed by atoms with Gasteiger partial charge < -0.3 is 4.90 Å². The summed E-state index contributed by atoms with van der Waals surface area (Å²) in [5.41, 5.74) is 4.09. The molecule has 0 atom stereocenters. The van der Waals surface area contributed by atoms with Crippen LogP contribution in [0.3, 0.4) is 0 Å². The van der Waals surface area contributed by atoms with Gasteiger partial charge in [-0.05, 0) is 60.9 Å². The van der Waals surface area contributed by atoms with E-state index in [2.05, 4.69) is 11.0 Å². The molecule has 0 radical (unpaired) electrons. The summed E-state index contributed by atoms with van der Waals surface area (Å²) in [5.74, 6) is -0.622. The summed E-state index contributed by atoms with van der Waals surface area (Å²) in [6.45, 7) is 0. The second kappa shape index (κ2) is 7.51. The first-order chi connectivity index (χ1) is 14.8. The second-order valence-electron chi connectivity index (χ2n) is 8.47. The molecule has 31 heavy (non-hydrogen) atoms. The monoisotopic (exact) mass is 471 g/mol. The topological polar surface area (TPSA) is 37.4 Å². The zero-order chi connectivity index (χ0) is 21.9. The van der Waals surface area contributed by atoms with E-state index in [0.717, 1.165) is 42.1 Å². The highest BCUT2D eigenvalue weighted by atomic mass is 35.5. The molecule has 2 aromatic carbocycles. The fourth-order valence-corrected chi connectivity index (χ4v) is 5.85. The maximum Gasteiger partial charge on any atom is 0.197 e. The van der Waals surface area contributed by atoms with Gasteiger partial charge >= 0.3 is 0 Å². The fourth-order valence-electron chi connectivity index (χ4n) is 5.35. The Balaban J connectivity index is 1.61. The van der Waals surface area contributed by atoms with Crippen LogP contribution in [-0.4, -0.2) is 18.6 Å². The largest absolute Gasteiger partial charge is 0.347 e. The Bertz CT molecular complexity index is 1160. The Kier molecular flexibility index (Phi) is 5.04. The predicted octanol–water partition coefficient (Wildman–Crippen LogP) is 7.19. The molecule has 6 heteroatoms. The van der Waals surface area contributed by atoms with Crippen LogP contribution in [0.2, 0.25) is 15.1 Å². The van der Waals surface area contributed by atoms with Crippen molar-refractivity contribution >= 4 is 52.1 Å². The molecule has 0 saturated heterocycles. The van der Waals surface area contributed by atoms with Crippen LogP contribution in [0.15, 0.2) is 53.8 Å². The number of halogens is 3. The summed E-state index contributed by atoms with van der Waals surface area (Å²) in [7, 11) is 2.03. The Morgan fingerprint density at radius 1 is 0.871 bits per heavy atom. The van der Waals surface area contributed by atoms with E-state index >= 15 is 0 Å². The lowest BCUT2D eigenvalue weighted by molar-refractivity contribution is 0.0988. The number of nitrogens with zero attached hydrogens (tertiary/aromatic N) is 1. The van der Waals surface area contributed by atoms with Crippen molar-refractivity contribution in [2.24, 2.45) is 0 Å². The summed E-state index contributed by atoms with van der Waals surface area (Å²) < 4.78 is 0. The number of carbonyl (C=O) groups excluding carboxylic acids is 2. The van der Waals surface area contributed by atoms with Crippen molar-refractivity contribution in [1.82, 2.24) is 0 Å². The van der Waals surface area contributed by atoms with Gasteiger partial charge in [0.2, 0.25) is 0 Å². The number of hydrogen-bond acceptors (Lipinski definition) is 3. The van der Waals surface area contributed by atoms with E-state index in [9.17, 15) is 9.59 Å². The molecule has 158 valence electrons. The SMILES string of the molecule is CN1/C(=C/C=C2C(=O)c3cc(Cl)c(Cl)cc3C2=O)C2(CCCCC2)c2cc(Cl)ccc21. The third-order valence-corrected chi connectivity index (χ3v) is 7.80. The van der Waals surface area contributed by atoms with Crippen molar-refractivity contribution in [2.75, 3.05) is 11.9 Å². The maximum atomic E-state index is 12.9. The number of benzene rings is 2. The van der Waals surface area contributed by atoms with Crippen molar-refractivity contribution in [1.29, 1.82) is 0 Å². The van der Waals surface area contributed by atoms with Crippen molar-refractivity contribution in [2.45, 2.75) is 37.5 Å². The van der Waals surface area contributed by atoms with Crippen molar-refractivity contribution < 1.29 is 9.59 Å². The molecular formula is C25H20Cl3NO2. The number of anilines is 1. The molecule has 3 aliphatic rings. The van der Waals surface area contributed by atoms with Crippen LogP contribution in [0.25, 0.3) is 0 Å².